The number of anilines is 2. The van der Waals surface area contributed by atoms with E-state index in [0.29, 0.717) is 56.4 Å². The summed E-state index contributed by atoms with van der Waals surface area (Å²) in [5.74, 6) is 4.78. The van der Waals surface area contributed by atoms with Crippen molar-refractivity contribution in [2.45, 2.75) is 298 Å². The van der Waals surface area contributed by atoms with Gasteiger partial charge < -0.3 is 58.7 Å². The van der Waals surface area contributed by atoms with E-state index in [-0.39, 0.29) is 56.0 Å². The molecule has 7 aromatic carbocycles. The Morgan fingerprint density at radius 2 is 0.815 bits per heavy atom. The molecule has 7 heterocycles. The van der Waals surface area contributed by atoms with Crippen LogP contribution in [0.3, 0.4) is 0 Å². The van der Waals surface area contributed by atoms with Gasteiger partial charge in [-0.2, -0.15) is 13.2 Å². The molecule has 7 saturated heterocycles. The molecule has 130 heavy (non-hydrogen) atoms. The molecule has 7 aliphatic rings. The second-order valence-electron chi connectivity index (χ2n) is 44.6. The minimum Gasteiger partial charge on any atom is -0.492 e. The summed E-state index contributed by atoms with van der Waals surface area (Å²) < 4.78 is 72.3. The van der Waals surface area contributed by atoms with Gasteiger partial charge in [-0.3, -0.25) is 19.5 Å². The van der Waals surface area contributed by atoms with Gasteiger partial charge in [-0.05, 0) is 248 Å². The van der Waals surface area contributed by atoms with Gasteiger partial charge in [0, 0.05) is 122 Å². The molecule has 14 rings (SSSR count). The Morgan fingerprint density at radius 1 is 0.431 bits per heavy atom. The molecule has 1 amide bonds. The third-order valence-corrected chi connectivity index (χ3v) is 25.5. The molecule has 0 bridgehead atoms. The van der Waals surface area contributed by atoms with Crippen LogP contribution in [0.5, 0.6) is 28.7 Å². The number of likely N-dealkylation sites (tertiary alicyclic amines) is 5. The average molecular weight is 1800 g/mol. The third-order valence-electron chi connectivity index (χ3n) is 25.5. The molecule has 5 unspecified atom stereocenters. The highest BCUT2D eigenvalue weighted by molar-refractivity contribution is 5.73. The lowest BCUT2D eigenvalue weighted by atomic mass is 9.87. The number of alkyl halides is 3. The van der Waals surface area contributed by atoms with Crippen LogP contribution >= 0.6 is 0 Å². The number of benzene rings is 7. The Kier molecular flexibility index (Phi) is 40.4. The fraction of sp³-hybridized carbons (Fsp3) is 0.613. The first kappa shape index (κ1) is 107. The first-order chi connectivity index (χ1) is 60.8. The number of hydrogen-bond acceptors (Lipinski definition) is 15. The van der Waals surface area contributed by atoms with Gasteiger partial charge in [-0.15, -0.1) is 0 Å². The van der Waals surface area contributed by atoms with Crippen molar-refractivity contribution in [3.05, 3.63) is 209 Å². The van der Waals surface area contributed by atoms with Crippen molar-refractivity contribution in [1.29, 1.82) is 0 Å². The summed E-state index contributed by atoms with van der Waals surface area (Å²) in [4.78, 5) is 26.6. The normalized spacial score (nSPS) is 20.0. The molecule has 0 spiro atoms. The predicted molar refractivity (Wildman–Crippen MR) is 538 cm³/mol. The van der Waals surface area contributed by atoms with Crippen molar-refractivity contribution in [2.75, 3.05) is 156 Å². The van der Waals surface area contributed by atoms with Gasteiger partial charge in [-0.1, -0.05) is 230 Å². The second-order valence-corrected chi connectivity index (χ2v) is 44.6. The van der Waals surface area contributed by atoms with Crippen LogP contribution in [0, 0.1) is 0 Å². The molecule has 7 aliphatic heterocycles. The number of piperidine rings is 1. The van der Waals surface area contributed by atoms with Crippen molar-refractivity contribution in [1.82, 2.24) is 34.7 Å². The lowest BCUT2D eigenvalue weighted by Gasteiger charge is -2.28. The van der Waals surface area contributed by atoms with Crippen molar-refractivity contribution < 1.29 is 46.4 Å². The summed E-state index contributed by atoms with van der Waals surface area (Å²) in [6.45, 7) is 68.6. The lowest BCUT2D eigenvalue weighted by molar-refractivity contribution is -0.144. The summed E-state index contributed by atoms with van der Waals surface area (Å²) in [5, 5.41) is 7.01. The molecule has 0 saturated carbocycles. The Hall–Kier alpha value is -7.88. The van der Waals surface area contributed by atoms with Gasteiger partial charge in [-0.25, -0.2) is 0 Å². The molecule has 19 heteroatoms. The molecule has 16 nitrogen and oxygen atoms in total. The Labute approximate surface area is 785 Å². The van der Waals surface area contributed by atoms with Crippen LogP contribution in [0.25, 0.3) is 0 Å². The lowest BCUT2D eigenvalue weighted by Crippen LogP contribution is -2.38. The highest BCUT2D eigenvalue weighted by Gasteiger charge is 2.36. The van der Waals surface area contributed by atoms with E-state index in [1.165, 1.54) is 82.0 Å². The van der Waals surface area contributed by atoms with Gasteiger partial charge >= 0.3 is 6.18 Å². The number of halogens is 3. The zero-order valence-electron chi connectivity index (χ0n) is 85.2. The fourth-order valence-electron chi connectivity index (χ4n) is 16.7. The molecule has 7 fully saturated rings. The van der Waals surface area contributed by atoms with E-state index in [0.717, 1.165) is 139 Å². The number of nitrogens with one attached hydrogen (secondary N) is 2. The minimum absolute atomic E-state index is 0.0252. The van der Waals surface area contributed by atoms with Gasteiger partial charge in [0.05, 0.1) is 26.3 Å². The van der Waals surface area contributed by atoms with Crippen molar-refractivity contribution in [3.63, 3.8) is 0 Å². The first-order valence-electron chi connectivity index (χ1n) is 48.5. The summed E-state index contributed by atoms with van der Waals surface area (Å²) in [6, 6.07) is 61.4. The minimum atomic E-state index is -4.14. The number of carbonyl (C=O) groups excluding carboxylic acids is 1. The highest BCUT2D eigenvalue weighted by atomic mass is 19.4. The molecule has 0 aliphatic carbocycles. The average Bonchev–Trinajstić information content (AvgIpc) is 1.47. The maximum Gasteiger partial charge on any atom is 0.401 e. The number of nitrogens with zero attached hydrogens (tertiary/aromatic N) is 7. The van der Waals surface area contributed by atoms with Gasteiger partial charge in [0.2, 0.25) is 5.91 Å². The van der Waals surface area contributed by atoms with Crippen LogP contribution in [-0.2, 0) is 47.4 Å². The van der Waals surface area contributed by atoms with E-state index < -0.39 is 12.7 Å². The summed E-state index contributed by atoms with van der Waals surface area (Å²) in [5.41, 5.74) is 13.0. The van der Waals surface area contributed by atoms with Crippen molar-refractivity contribution >= 4 is 17.3 Å². The van der Waals surface area contributed by atoms with Crippen LogP contribution in [0.15, 0.2) is 170 Å². The van der Waals surface area contributed by atoms with Crippen LogP contribution in [0.1, 0.15) is 250 Å². The molecule has 7 aromatic rings. The number of morpholine rings is 1. The standard InChI is InChI=1S/C17H27NO.C16H22F3NO.C16H26N2.C16H23NO2.C16H25NO2.C15H24N2.C15H23NO/c1-13(2)18-10-9-16(12-18)19-15-8-6-7-14(11-15)17(3,4)5;1-15(2,3)12-5-4-6-13(9-12)21-14-7-8-20(10-14)11-16(17,18)19;1-16(2,3)13-7-6-8-14(11-13)18(5)15-9-10-17(4)12-15;1-12(18)17-9-8-15(11-17)19-14-7-5-6-13(10-14)16(2,3)4;1-16(2,3)14-5-4-6-15(13-14)19-12-9-17-7-10-18-11-8-17;1-15(2,3)12-4-6-13(7-5-12)17-14-8-10-16-11-9-14;1-15(2,3)12-6-5-7-13(10-12)17-14-8-9-16(4)11-14/h6-8,11,13,16H,9-10,12H2,1-5H3;4-6,9,14H,7-8,10-11H2,1-3H3;6-8,11,15H,9-10,12H2,1-5H3;5-7,10,15H,8-9,11H2,1-4H3;4-6,13H,7-12H2,1-3H3;4-7,14,16-17H,8-11H2,1-3H3;5-7,10,14H,8-9,11H2,1-4H3. The Bertz CT molecular complexity index is 4480. The van der Waals surface area contributed by atoms with E-state index in [1.54, 1.807) is 6.92 Å². The van der Waals surface area contributed by atoms with Gasteiger partial charge in [0.1, 0.15) is 59.8 Å². The first-order valence-corrected chi connectivity index (χ1v) is 48.5. The number of rotatable bonds is 18. The maximum absolute atomic E-state index is 12.4. The number of ether oxygens (including phenoxy) is 6. The molecular weight excluding hydrogens is 1630 g/mol. The van der Waals surface area contributed by atoms with Crippen LogP contribution in [0.2, 0.25) is 0 Å². The van der Waals surface area contributed by atoms with Crippen molar-refractivity contribution in [3.8, 4) is 28.7 Å². The summed E-state index contributed by atoms with van der Waals surface area (Å²) >= 11 is 0. The number of likely N-dealkylation sites (N-methyl/N-ethyl adjacent to an activating group) is 3. The smallest absolute Gasteiger partial charge is 0.401 e. The Morgan fingerprint density at radius 3 is 1.22 bits per heavy atom. The molecule has 722 valence electrons. The van der Waals surface area contributed by atoms with Crippen molar-refractivity contribution in [2.24, 2.45) is 0 Å². The van der Waals surface area contributed by atoms with E-state index in [9.17, 15) is 18.0 Å². The largest absolute Gasteiger partial charge is 0.492 e. The monoisotopic (exact) mass is 1800 g/mol. The summed E-state index contributed by atoms with van der Waals surface area (Å²) in [7, 11) is 6.58. The zero-order valence-corrected chi connectivity index (χ0v) is 85.2. The molecule has 2 N–H and O–H groups in total. The van der Waals surface area contributed by atoms with E-state index in [1.807, 2.05) is 47.4 Å². The topological polar surface area (TPSA) is 119 Å². The highest BCUT2D eigenvalue weighted by Crippen LogP contribution is 2.36. The van der Waals surface area contributed by atoms with E-state index >= 15 is 0 Å². The van der Waals surface area contributed by atoms with Crippen LogP contribution < -0.4 is 39.2 Å². The molecular formula is C111H170F3N9O7. The second kappa shape index (κ2) is 48.9. The zero-order chi connectivity index (χ0) is 95.6. The van der Waals surface area contributed by atoms with Gasteiger partial charge in [0.25, 0.3) is 0 Å². The Balaban J connectivity index is 0.000000187. The maximum atomic E-state index is 12.4. The quantitative estimate of drug-likeness (QED) is 0.0848. The fourth-order valence-corrected chi connectivity index (χ4v) is 16.7. The number of hydrogen-bond donors (Lipinski definition) is 2. The molecule has 5 atom stereocenters. The van der Waals surface area contributed by atoms with Crippen LogP contribution in [0.4, 0.5) is 24.5 Å². The van der Waals surface area contributed by atoms with E-state index in [4.69, 9.17) is 28.4 Å². The number of amides is 1. The predicted octanol–water partition coefficient (Wildman–Crippen LogP) is 22.9. The molecule has 0 radical (unpaired) electrons. The summed E-state index contributed by atoms with van der Waals surface area (Å²) in [6.07, 6.45) is 4.06. The van der Waals surface area contributed by atoms with Crippen LogP contribution in [-0.4, -0.2) is 230 Å². The third kappa shape index (κ3) is 37.9. The molecule has 0 aromatic heterocycles. The number of carbonyl (C=O) groups is 1. The van der Waals surface area contributed by atoms with Gasteiger partial charge in [0.15, 0.2) is 0 Å². The van der Waals surface area contributed by atoms with E-state index in [2.05, 4.69) is 343 Å². The SMILES string of the molecule is CC(=O)N1CCC(Oc2cccc(C(C)(C)C)c2)C1.CC(C)(C)c1ccc(NC2CCNCC2)cc1.CC(C)(C)c1cccc(OC2CCN(CC(F)(F)F)C2)c1.CC(C)(C)c1cccc(OCCN2CCOCC2)c1.CC(C)N1CCC(Oc2cccc(C(C)(C)C)c2)C1.CN1CCC(N(C)c2cccc(C(C)(C)C)c2)C1.CN1CCC(Oc2cccc(C(C)(C)C)c2)C1.